The molecule has 0 fully saturated rings. The van der Waals surface area contributed by atoms with Gasteiger partial charge in [0.05, 0.1) is 5.69 Å². The second-order valence-corrected chi connectivity index (χ2v) is 7.19. The van der Waals surface area contributed by atoms with Crippen molar-refractivity contribution in [3.63, 3.8) is 0 Å². The van der Waals surface area contributed by atoms with Gasteiger partial charge in [-0.2, -0.15) is 5.10 Å². The van der Waals surface area contributed by atoms with Gasteiger partial charge < -0.3 is 9.13 Å². The summed E-state index contributed by atoms with van der Waals surface area (Å²) in [4.78, 5) is 36.6. The Morgan fingerprint density at radius 2 is 1.61 bits per heavy atom. The van der Waals surface area contributed by atoms with Crippen molar-refractivity contribution in [1.82, 2.24) is 18.9 Å². The van der Waals surface area contributed by atoms with E-state index in [0.29, 0.717) is 30.4 Å². The molecule has 0 unspecified atom stereocenters. The van der Waals surface area contributed by atoms with Gasteiger partial charge in [-0.25, -0.2) is 4.68 Å². The van der Waals surface area contributed by atoms with Gasteiger partial charge in [-0.1, -0.05) is 0 Å². The van der Waals surface area contributed by atoms with Crippen LogP contribution in [-0.2, 0) is 40.4 Å². The van der Waals surface area contributed by atoms with E-state index < -0.39 is 0 Å². The summed E-state index contributed by atoms with van der Waals surface area (Å²) in [7, 11) is 5.05. The Labute approximate surface area is 162 Å². The molecule has 0 spiro atoms. The molecular formula is C21H24N4O3. The smallest absolute Gasteiger partial charge is 0.269 e. The third-order valence-electron chi connectivity index (χ3n) is 4.82. The van der Waals surface area contributed by atoms with Gasteiger partial charge in [0.15, 0.2) is 0 Å². The van der Waals surface area contributed by atoms with Crippen LogP contribution < -0.4 is 16.7 Å². The molecule has 0 saturated heterocycles. The topological polar surface area (TPSA) is 78.9 Å². The standard InChI is InChI=1S/C21H24N4O3/c1-14-9-17(21(28)25(4)22-14)6-5-16-11-18(20(27)24(3)13-16)10-15-7-8-23(2)19(26)12-15/h7-9,11-13H,5-6,10H2,1-4H3. The molecule has 0 aliphatic rings. The molecule has 0 saturated carbocycles. The van der Waals surface area contributed by atoms with Crippen LogP contribution in [0.2, 0.25) is 0 Å². The minimum atomic E-state index is -0.102. The number of aromatic nitrogens is 4. The highest BCUT2D eigenvalue weighted by Crippen LogP contribution is 2.09. The van der Waals surface area contributed by atoms with Gasteiger partial charge in [-0.3, -0.25) is 14.4 Å². The lowest BCUT2D eigenvalue weighted by Gasteiger charge is -2.10. The van der Waals surface area contributed by atoms with E-state index in [1.165, 1.54) is 9.25 Å². The van der Waals surface area contributed by atoms with Gasteiger partial charge >= 0.3 is 0 Å². The first kappa shape index (κ1) is 19.5. The van der Waals surface area contributed by atoms with Crippen molar-refractivity contribution in [3.05, 3.63) is 95.7 Å². The van der Waals surface area contributed by atoms with E-state index in [0.717, 1.165) is 16.8 Å². The van der Waals surface area contributed by atoms with E-state index in [1.807, 2.05) is 25.1 Å². The van der Waals surface area contributed by atoms with E-state index in [2.05, 4.69) is 5.10 Å². The molecule has 0 aromatic carbocycles. The molecule has 0 aliphatic carbocycles. The average Bonchev–Trinajstić information content (AvgIpc) is 2.64. The molecule has 0 radical (unpaired) electrons. The van der Waals surface area contributed by atoms with Crippen LogP contribution in [0.25, 0.3) is 0 Å². The van der Waals surface area contributed by atoms with E-state index in [1.54, 1.807) is 44.2 Å². The van der Waals surface area contributed by atoms with Gasteiger partial charge in [-0.15, -0.1) is 0 Å². The molecule has 0 aliphatic heterocycles. The Bertz CT molecular complexity index is 1200. The third-order valence-corrected chi connectivity index (χ3v) is 4.82. The molecule has 146 valence electrons. The normalized spacial score (nSPS) is 11.0. The summed E-state index contributed by atoms with van der Waals surface area (Å²) in [5, 5.41) is 4.12. The molecule has 0 bridgehead atoms. The zero-order chi connectivity index (χ0) is 20.4. The summed E-state index contributed by atoms with van der Waals surface area (Å²) in [6.07, 6.45) is 5.10. The van der Waals surface area contributed by atoms with Gasteiger partial charge in [0.25, 0.3) is 16.7 Å². The highest BCUT2D eigenvalue weighted by Gasteiger charge is 2.09. The van der Waals surface area contributed by atoms with Gasteiger partial charge in [0.1, 0.15) is 0 Å². The fourth-order valence-electron chi connectivity index (χ4n) is 3.33. The summed E-state index contributed by atoms with van der Waals surface area (Å²) >= 11 is 0. The fraction of sp³-hybridized carbons (Fsp3) is 0.333. The molecule has 3 heterocycles. The summed E-state index contributed by atoms with van der Waals surface area (Å²) in [6.45, 7) is 1.86. The third kappa shape index (κ3) is 4.19. The van der Waals surface area contributed by atoms with Crippen LogP contribution in [-0.4, -0.2) is 18.9 Å². The van der Waals surface area contributed by atoms with Crippen LogP contribution in [0, 0.1) is 6.92 Å². The SMILES string of the molecule is Cc1cc(CCc2cc(Cc3ccn(C)c(=O)c3)c(=O)n(C)c2)c(=O)n(C)n1. The van der Waals surface area contributed by atoms with Crippen molar-refractivity contribution >= 4 is 0 Å². The molecule has 7 heteroatoms. The maximum atomic E-state index is 12.5. The molecule has 3 rings (SSSR count). The van der Waals surface area contributed by atoms with Crippen molar-refractivity contribution in [1.29, 1.82) is 0 Å². The van der Waals surface area contributed by atoms with Crippen LogP contribution in [0.1, 0.15) is 27.9 Å². The Hall–Kier alpha value is -3.22. The summed E-state index contributed by atoms with van der Waals surface area (Å²) < 4.78 is 4.41. The molecule has 7 nitrogen and oxygen atoms in total. The van der Waals surface area contributed by atoms with Crippen LogP contribution >= 0.6 is 0 Å². The van der Waals surface area contributed by atoms with Crippen molar-refractivity contribution in [2.45, 2.75) is 26.2 Å². The molecule has 0 N–H and O–H groups in total. The first-order chi connectivity index (χ1) is 13.2. The van der Waals surface area contributed by atoms with Gasteiger partial charge in [-0.05, 0) is 49.1 Å². The Balaban J connectivity index is 1.87. The van der Waals surface area contributed by atoms with Gasteiger partial charge in [0.2, 0.25) is 0 Å². The Kier molecular flexibility index (Phi) is 5.44. The minimum absolute atomic E-state index is 0.0832. The molecule has 0 atom stereocenters. The maximum Gasteiger partial charge on any atom is 0.269 e. The second kappa shape index (κ2) is 7.80. The van der Waals surface area contributed by atoms with Crippen LogP contribution in [0.5, 0.6) is 0 Å². The zero-order valence-electron chi connectivity index (χ0n) is 16.6. The van der Waals surface area contributed by atoms with Crippen molar-refractivity contribution < 1.29 is 0 Å². The maximum absolute atomic E-state index is 12.5. The fourth-order valence-corrected chi connectivity index (χ4v) is 3.33. The minimum Gasteiger partial charge on any atom is -0.319 e. The van der Waals surface area contributed by atoms with E-state index in [4.69, 9.17) is 0 Å². The average molecular weight is 380 g/mol. The molecule has 3 aromatic heterocycles. The monoisotopic (exact) mass is 380 g/mol. The number of rotatable bonds is 5. The molecule has 0 amide bonds. The quantitative estimate of drug-likeness (QED) is 0.658. The number of hydrogen-bond acceptors (Lipinski definition) is 4. The van der Waals surface area contributed by atoms with Crippen molar-refractivity contribution in [3.8, 4) is 0 Å². The summed E-state index contributed by atoms with van der Waals surface area (Å²) in [5.74, 6) is 0. The lowest BCUT2D eigenvalue weighted by molar-refractivity contribution is 0.675. The predicted molar refractivity (Wildman–Crippen MR) is 108 cm³/mol. The highest BCUT2D eigenvalue weighted by atomic mass is 16.1. The van der Waals surface area contributed by atoms with Crippen LogP contribution in [0.4, 0.5) is 0 Å². The number of nitrogens with zero attached hydrogens (tertiary/aromatic N) is 4. The molecule has 3 aromatic rings. The molecular weight excluding hydrogens is 356 g/mol. The van der Waals surface area contributed by atoms with Crippen LogP contribution in [0.3, 0.4) is 0 Å². The van der Waals surface area contributed by atoms with E-state index in [9.17, 15) is 14.4 Å². The molecule has 28 heavy (non-hydrogen) atoms. The number of pyridine rings is 2. The Morgan fingerprint density at radius 1 is 0.857 bits per heavy atom. The zero-order valence-corrected chi connectivity index (χ0v) is 16.6. The first-order valence-electron chi connectivity index (χ1n) is 9.12. The van der Waals surface area contributed by atoms with Crippen molar-refractivity contribution in [2.24, 2.45) is 21.1 Å². The summed E-state index contributed by atoms with van der Waals surface area (Å²) in [6, 6.07) is 7.08. The largest absolute Gasteiger partial charge is 0.319 e. The summed E-state index contributed by atoms with van der Waals surface area (Å²) in [5.41, 5.74) is 3.62. The number of aryl methyl sites for hydroxylation is 6. The van der Waals surface area contributed by atoms with E-state index in [-0.39, 0.29) is 16.7 Å². The highest BCUT2D eigenvalue weighted by molar-refractivity contribution is 5.27. The van der Waals surface area contributed by atoms with E-state index >= 15 is 0 Å². The Morgan fingerprint density at radius 3 is 2.32 bits per heavy atom. The lowest BCUT2D eigenvalue weighted by Crippen LogP contribution is -2.25. The van der Waals surface area contributed by atoms with Crippen molar-refractivity contribution in [2.75, 3.05) is 0 Å². The number of hydrogen-bond donors (Lipinski definition) is 0. The lowest BCUT2D eigenvalue weighted by atomic mass is 10.0. The predicted octanol–water partition coefficient (Wildman–Crippen LogP) is 0.862. The first-order valence-corrected chi connectivity index (χ1v) is 9.12. The second-order valence-electron chi connectivity index (χ2n) is 7.19. The van der Waals surface area contributed by atoms with Gasteiger partial charge in [0, 0.05) is 57.2 Å². The van der Waals surface area contributed by atoms with Crippen LogP contribution in [0.15, 0.2) is 51.0 Å².